The number of benzene rings is 2. The van der Waals surface area contributed by atoms with Crippen molar-refractivity contribution in [3.05, 3.63) is 81.7 Å². The van der Waals surface area contributed by atoms with Gasteiger partial charge in [-0.25, -0.2) is 14.2 Å². The third-order valence-corrected chi connectivity index (χ3v) is 4.24. The molecule has 0 aliphatic heterocycles. The first-order valence-corrected chi connectivity index (χ1v) is 8.35. The molecular weight excluding hydrogens is 367 g/mol. The Kier molecular flexibility index (Phi) is 4.28. The number of carbonyl (C=O) groups excluding carboxylic acids is 1. The molecule has 0 fully saturated rings. The van der Waals surface area contributed by atoms with Crippen LogP contribution in [0.1, 0.15) is 33.8 Å². The number of rotatable bonds is 4. The van der Waals surface area contributed by atoms with E-state index in [0.29, 0.717) is 16.7 Å². The highest BCUT2D eigenvalue weighted by atomic mass is 19.1. The van der Waals surface area contributed by atoms with Crippen molar-refractivity contribution in [2.75, 3.05) is 5.32 Å². The molecule has 142 valence electrons. The molecule has 1 atom stereocenters. The summed E-state index contributed by atoms with van der Waals surface area (Å²) in [6.07, 6.45) is -1.44. The smallest absolute Gasteiger partial charge is 0.323 e. The maximum atomic E-state index is 13.9. The van der Waals surface area contributed by atoms with E-state index in [4.69, 9.17) is 4.42 Å². The van der Waals surface area contributed by atoms with Gasteiger partial charge < -0.3 is 24.8 Å². The molecule has 4 N–H and O–H groups in total. The number of hydrogen-bond acceptors (Lipinski definition) is 5. The molecule has 0 saturated carbocycles. The molecule has 2 heterocycles. The molecule has 0 bridgehead atoms. The summed E-state index contributed by atoms with van der Waals surface area (Å²) in [7, 11) is 0. The maximum absolute atomic E-state index is 13.9. The minimum absolute atomic E-state index is 0.00225. The Morgan fingerprint density at radius 2 is 1.96 bits per heavy atom. The Morgan fingerprint density at radius 3 is 2.75 bits per heavy atom. The highest BCUT2D eigenvalue weighted by molar-refractivity contribution is 6.04. The van der Waals surface area contributed by atoms with Gasteiger partial charge in [0.1, 0.15) is 11.6 Å². The number of anilines is 1. The summed E-state index contributed by atoms with van der Waals surface area (Å²) in [5, 5.41) is 13.0. The summed E-state index contributed by atoms with van der Waals surface area (Å²) in [5.41, 5.74) is 1.20. The van der Waals surface area contributed by atoms with E-state index in [1.54, 1.807) is 24.3 Å². The van der Waals surface area contributed by atoms with Crippen LogP contribution >= 0.6 is 0 Å². The number of oxazole rings is 1. The number of halogens is 1. The molecule has 0 aliphatic carbocycles. The number of nitrogens with zero attached hydrogens (tertiary/aromatic N) is 1. The first-order chi connectivity index (χ1) is 13.4. The second kappa shape index (κ2) is 6.78. The van der Waals surface area contributed by atoms with Crippen molar-refractivity contribution in [3.63, 3.8) is 0 Å². The van der Waals surface area contributed by atoms with Gasteiger partial charge in [0.2, 0.25) is 5.89 Å². The number of imidazole rings is 1. The number of fused-ring (bicyclic) bond motifs is 1. The number of aromatic amines is 2. The van der Waals surface area contributed by atoms with Crippen LogP contribution in [0.5, 0.6) is 0 Å². The van der Waals surface area contributed by atoms with Crippen LogP contribution in [-0.4, -0.2) is 26.0 Å². The molecule has 0 radical (unpaired) electrons. The van der Waals surface area contributed by atoms with E-state index in [0.717, 1.165) is 0 Å². The molecule has 2 aromatic heterocycles. The number of H-pyrrole nitrogens is 2. The summed E-state index contributed by atoms with van der Waals surface area (Å²) in [4.78, 5) is 33.1. The number of hydrogen-bond donors (Lipinski definition) is 4. The zero-order chi connectivity index (χ0) is 19.8. The van der Waals surface area contributed by atoms with E-state index in [1.165, 1.54) is 25.1 Å². The highest BCUT2D eigenvalue weighted by Crippen LogP contribution is 2.26. The van der Waals surface area contributed by atoms with Crippen molar-refractivity contribution in [2.24, 2.45) is 0 Å². The summed E-state index contributed by atoms with van der Waals surface area (Å²) in [5.74, 6) is -1.17. The Hall–Kier alpha value is -3.72. The lowest BCUT2D eigenvalue weighted by atomic mass is 10.1. The summed E-state index contributed by atoms with van der Waals surface area (Å²) < 4.78 is 19.2. The minimum Gasteiger partial charge on any atom is -0.442 e. The summed E-state index contributed by atoms with van der Waals surface area (Å²) >= 11 is 0. The predicted molar refractivity (Wildman–Crippen MR) is 98.6 cm³/mol. The largest absolute Gasteiger partial charge is 0.442 e. The van der Waals surface area contributed by atoms with Gasteiger partial charge >= 0.3 is 5.69 Å². The average molecular weight is 382 g/mol. The number of aliphatic hydroxyl groups excluding tert-OH is 1. The lowest BCUT2D eigenvalue weighted by Crippen LogP contribution is -2.14. The van der Waals surface area contributed by atoms with Crippen LogP contribution in [0.4, 0.5) is 10.1 Å². The number of amides is 1. The zero-order valence-electron chi connectivity index (χ0n) is 14.6. The molecule has 4 aromatic rings. The van der Waals surface area contributed by atoms with E-state index >= 15 is 0 Å². The Morgan fingerprint density at radius 1 is 1.21 bits per heavy atom. The molecular formula is C19H15FN4O4. The topological polar surface area (TPSA) is 124 Å². The minimum atomic E-state index is -1.44. The van der Waals surface area contributed by atoms with Crippen molar-refractivity contribution in [2.45, 2.75) is 13.0 Å². The van der Waals surface area contributed by atoms with Crippen LogP contribution in [0.25, 0.3) is 11.0 Å². The van der Waals surface area contributed by atoms with E-state index in [1.807, 2.05) is 0 Å². The summed E-state index contributed by atoms with van der Waals surface area (Å²) in [6.45, 7) is 1.52. The summed E-state index contributed by atoms with van der Waals surface area (Å²) in [6, 6.07) is 10.6. The molecule has 2 aromatic carbocycles. The average Bonchev–Trinajstić information content (AvgIpc) is 3.23. The van der Waals surface area contributed by atoms with Crippen molar-refractivity contribution < 1.29 is 18.7 Å². The van der Waals surface area contributed by atoms with Gasteiger partial charge in [0.15, 0.2) is 11.8 Å². The van der Waals surface area contributed by atoms with Crippen LogP contribution in [-0.2, 0) is 0 Å². The normalized spacial score (nSPS) is 12.2. The maximum Gasteiger partial charge on any atom is 0.323 e. The van der Waals surface area contributed by atoms with Gasteiger partial charge in [-0.1, -0.05) is 18.2 Å². The van der Waals surface area contributed by atoms with Crippen molar-refractivity contribution in [1.29, 1.82) is 0 Å². The van der Waals surface area contributed by atoms with Crippen molar-refractivity contribution in [1.82, 2.24) is 15.0 Å². The number of carbonyl (C=O) groups is 1. The van der Waals surface area contributed by atoms with Crippen molar-refractivity contribution in [3.8, 4) is 0 Å². The molecule has 0 spiro atoms. The van der Waals surface area contributed by atoms with Crippen LogP contribution in [0.15, 0.2) is 51.7 Å². The third-order valence-electron chi connectivity index (χ3n) is 4.24. The molecule has 0 saturated heterocycles. The van der Waals surface area contributed by atoms with Gasteiger partial charge in [0, 0.05) is 11.3 Å². The van der Waals surface area contributed by atoms with Gasteiger partial charge in [0.25, 0.3) is 5.91 Å². The first-order valence-electron chi connectivity index (χ1n) is 8.35. The fourth-order valence-corrected chi connectivity index (χ4v) is 2.88. The second-order valence-corrected chi connectivity index (χ2v) is 6.17. The number of aliphatic hydroxyl groups is 1. The van der Waals surface area contributed by atoms with Gasteiger partial charge in [0.05, 0.1) is 11.0 Å². The highest BCUT2D eigenvalue weighted by Gasteiger charge is 2.24. The molecule has 28 heavy (non-hydrogen) atoms. The lowest BCUT2D eigenvalue weighted by Gasteiger charge is -2.07. The molecule has 1 amide bonds. The molecule has 8 nitrogen and oxygen atoms in total. The number of nitrogens with one attached hydrogen (secondary N) is 3. The fourth-order valence-electron chi connectivity index (χ4n) is 2.88. The third kappa shape index (κ3) is 3.19. The van der Waals surface area contributed by atoms with Crippen LogP contribution in [0.2, 0.25) is 0 Å². The van der Waals surface area contributed by atoms with Gasteiger partial charge in [-0.15, -0.1) is 0 Å². The fraction of sp³-hybridized carbons (Fsp3) is 0.105. The lowest BCUT2D eigenvalue weighted by molar-refractivity contribution is 0.102. The van der Waals surface area contributed by atoms with Crippen LogP contribution in [0, 0.1) is 12.7 Å². The number of aromatic nitrogens is 3. The Bertz CT molecular complexity index is 1240. The van der Waals surface area contributed by atoms with E-state index < -0.39 is 17.8 Å². The van der Waals surface area contributed by atoms with E-state index in [-0.39, 0.29) is 28.6 Å². The van der Waals surface area contributed by atoms with Crippen LogP contribution in [0.3, 0.4) is 0 Å². The predicted octanol–water partition coefficient (Wildman–Crippen LogP) is 2.63. The SMILES string of the molecule is Cc1oc(C(O)c2ccccc2F)nc1C(=O)Nc1ccc2[nH]c(=O)[nH]c2c1. The quantitative estimate of drug-likeness (QED) is 0.432. The van der Waals surface area contributed by atoms with E-state index in [2.05, 4.69) is 20.3 Å². The van der Waals surface area contributed by atoms with Gasteiger partial charge in [-0.05, 0) is 31.2 Å². The van der Waals surface area contributed by atoms with Crippen LogP contribution < -0.4 is 11.0 Å². The van der Waals surface area contributed by atoms with E-state index in [9.17, 15) is 19.1 Å². The standard InChI is InChI=1S/C19H15FN4O4/c1-9-15(24-18(28-9)16(25)11-4-2-3-5-12(11)20)17(26)21-10-6-7-13-14(8-10)23-19(27)22-13/h2-8,16,25H,1H3,(H,21,26)(H2,22,23,27). The molecule has 0 aliphatic rings. The Labute approximate surface area is 157 Å². The zero-order valence-corrected chi connectivity index (χ0v) is 14.6. The Balaban J connectivity index is 1.59. The first kappa shape index (κ1) is 17.7. The van der Waals surface area contributed by atoms with Gasteiger partial charge in [-0.2, -0.15) is 0 Å². The molecule has 1 unspecified atom stereocenters. The second-order valence-electron chi connectivity index (χ2n) is 6.17. The van der Waals surface area contributed by atoms with Crippen molar-refractivity contribution >= 4 is 22.6 Å². The van der Waals surface area contributed by atoms with Gasteiger partial charge in [-0.3, -0.25) is 4.79 Å². The molecule has 4 rings (SSSR count). The number of aryl methyl sites for hydroxylation is 1. The molecule has 9 heteroatoms. The monoisotopic (exact) mass is 382 g/mol.